The van der Waals surface area contributed by atoms with Gasteiger partial charge in [-0.15, -0.1) is 0 Å². The Labute approximate surface area is 114 Å². The molecule has 0 spiro atoms. The van der Waals surface area contributed by atoms with Crippen LogP contribution in [0.4, 0.5) is 23.7 Å². The fraction of sp³-hybridized carbons (Fsp3) is 0.462. The van der Waals surface area contributed by atoms with Crippen LogP contribution in [0.15, 0.2) is 24.3 Å². The average Bonchev–Trinajstić information content (AvgIpc) is 2.37. The third kappa shape index (κ3) is 2.97. The summed E-state index contributed by atoms with van der Waals surface area (Å²) in [7, 11) is 0. The molecule has 1 heterocycles. The average molecular weight is 288 g/mol. The first kappa shape index (κ1) is 14.5. The lowest BCUT2D eigenvalue weighted by Crippen LogP contribution is -2.53. The van der Waals surface area contributed by atoms with Gasteiger partial charge in [0.15, 0.2) is 0 Å². The van der Waals surface area contributed by atoms with Crippen LogP contribution in [0.3, 0.4) is 0 Å². The number of alkyl halides is 3. The molecule has 0 radical (unpaired) electrons. The smallest absolute Gasteiger partial charge is 0.416 e. The molecule has 1 aliphatic heterocycles. The largest absolute Gasteiger partial charge is 0.465 e. The molecule has 1 atom stereocenters. The summed E-state index contributed by atoms with van der Waals surface area (Å²) < 4.78 is 38.1. The Morgan fingerprint density at radius 2 is 2.05 bits per heavy atom. The second-order valence-electron chi connectivity index (χ2n) is 4.82. The minimum atomic E-state index is -4.37. The Bertz CT molecular complexity index is 505. The Morgan fingerprint density at radius 1 is 1.35 bits per heavy atom. The number of nitrogens with zero attached hydrogens (tertiary/aromatic N) is 2. The third-order valence-corrected chi connectivity index (χ3v) is 3.40. The summed E-state index contributed by atoms with van der Waals surface area (Å²) in [5, 5.41) is 8.92. The second-order valence-corrected chi connectivity index (χ2v) is 4.82. The normalized spacial score (nSPS) is 20.1. The third-order valence-electron chi connectivity index (χ3n) is 3.40. The number of carbonyl (C=O) groups is 1. The van der Waals surface area contributed by atoms with Crippen molar-refractivity contribution < 1.29 is 23.1 Å². The Balaban J connectivity index is 2.19. The molecule has 1 fully saturated rings. The van der Waals surface area contributed by atoms with Gasteiger partial charge in [-0.25, -0.2) is 4.79 Å². The van der Waals surface area contributed by atoms with E-state index in [1.807, 2.05) is 0 Å². The lowest BCUT2D eigenvalue weighted by atomic mass is 10.1. The molecule has 1 unspecified atom stereocenters. The quantitative estimate of drug-likeness (QED) is 0.864. The summed E-state index contributed by atoms with van der Waals surface area (Å²) in [6.45, 7) is 2.76. The van der Waals surface area contributed by atoms with E-state index in [9.17, 15) is 18.0 Å². The first-order chi connectivity index (χ1) is 9.29. The predicted octanol–water partition coefficient (Wildman–Crippen LogP) is 2.89. The van der Waals surface area contributed by atoms with Crippen LogP contribution in [0.1, 0.15) is 12.5 Å². The molecule has 4 nitrogen and oxygen atoms in total. The van der Waals surface area contributed by atoms with Gasteiger partial charge in [0.1, 0.15) is 0 Å². The van der Waals surface area contributed by atoms with E-state index in [2.05, 4.69) is 0 Å². The van der Waals surface area contributed by atoms with Crippen molar-refractivity contribution in [3.05, 3.63) is 29.8 Å². The standard InChI is InChI=1S/C13H15F3N2O2/c1-9-8-17(12(19)20)5-6-18(9)11-4-2-3-10(7-11)13(14,15)16/h2-4,7,9H,5-6,8H2,1H3,(H,19,20). The zero-order chi connectivity index (χ0) is 14.9. The van der Waals surface area contributed by atoms with Crippen molar-refractivity contribution in [2.75, 3.05) is 24.5 Å². The van der Waals surface area contributed by atoms with Crippen molar-refractivity contribution in [1.82, 2.24) is 4.90 Å². The molecule has 1 amide bonds. The zero-order valence-electron chi connectivity index (χ0n) is 10.9. The number of piperazine rings is 1. The van der Waals surface area contributed by atoms with Gasteiger partial charge in [0, 0.05) is 31.4 Å². The van der Waals surface area contributed by atoms with Gasteiger partial charge in [-0.2, -0.15) is 13.2 Å². The number of anilines is 1. The summed E-state index contributed by atoms with van der Waals surface area (Å²) in [5.41, 5.74) is -0.222. The van der Waals surface area contributed by atoms with E-state index < -0.39 is 17.8 Å². The highest BCUT2D eigenvalue weighted by Crippen LogP contribution is 2.32. The maximum absolute atomic E-state index is 12.7. The van der Waals surface area contributed by atoms with Gasteiger partial charge in [-0.3, -0.25) is 0 Å². The van der Waals surface area contributed by atoms with Crippen molar-refractivity contribution in [2.45, 2.75) is 19.1 Å². The molecule has 2 rings (SSSR count). The minimum absolute atomic E-state index is 0.164. The van der Waals surface area contributed by atoms with E-state index in [0.717, 1.165) is 12.1 Å². The van der Waals surface area contributed by atoms with E-state index in [1.54, 1.807) is 17.9 Å². The van der Waals surface area contributed by atoms with Gasteiger partial charge in [0.2, 0.25) is 0 Å². The second kappa shape index (κ2) is 5.22. The molecular weight excluding hydrogens is 273 g/mol. The molecular formula is C13H15F3N2O2. The molecule has 1 aromatic carbocycles. The van der Waals surface area contributed by atoms with Crippen LogP contribution in [-0.4, -0.2) is 41.8 Å². The first-order valence-electron chi connectivity index (χ1n) is 6.21. The van der Waals surface area contributed by atoms with E-state index in [-0.39, 0.29) is 19.1 Å². The van der Waals surface area contributed by atoms with E-state index in [4.69, 9.17) is 5.11 Å². The molecule has 20 heavy (non-hydrogen) atoms. The van der Waals surface area contributed by atoms with Gasteiger partial charge < -0.3 is 14.9 Å². The molecule has 0 aliphatic carbocycles. The van der Waals surface area contributed by atoms with Gasteiger partial charge in [0.25, 0.3) is 0 Å². The molecule has 0 bridgehead atoms. The summed E-state index contributed by atoms with van der Waals surface area (Å²) in [5.74, 6) is 0. The Kier molecular flexibility index (Phi) is 3.78. The minimum Gasteiger partial charge on any atom is -0.465 e. The fourth-order valence-corrected chi connectivity index (χ4v) is 2.38. The molecule has 1 aliphatic rings. The van der Waals surface area contributed by atoms with Crippen LogP contribution >= 0.6 is 0 Å². The highest BCUT2D eigenvalue weighted by Gasteiger charge is 2.32. The molecule has 1 N–H and O–H groups in total. The van der Waals surface area contributed by atoms with Crippen molar-refractivity contribution in [1.29, 1.82) is 0 Å². The van der Waals surface area contributed by atoms with Crippen LogP contribution in [-0.2, 0) is 6.18 Å². The van der Waals surface area contributed by atoms with Gasteiger partial charge in [-0.05, 0) is 25.1 Å². The summed E-state index contributed by atoms with van der Waals surface area (Å²) in [6.07, 6.45) is -5.37. The maximum atomic E-state index is 12.7. The summed E-state index contributed by atoms with van der Waals surface area (Å²) >= 11 is 0. The van der Waals surface area contributed by atoms with Gasteiger partial charge in [0.05, 0.1) is 5.56 Å². The van der Waals surface area contributed by atoms with Crippen molar-refractivity contribution in [3.8, 4) is 0 Å². The highest BCUT2D eigenvalue weighted by atomic mass is 19.4. The highest BCUT2D eigenvalue weighted by molar-refractivity contribution is 5.66. The lowest BCUT2D eigenvalue weighted by Gasteiger charge is -2.40. The number of halogens is 3. The van der Waals surface area contributed by atoms with Gasteiger partial charge in [-0.1, -0.05) is 6.07 Å². The number of benzene rings is 1. The number of amides is 1. The SMILES string of the molecule is CC1CN(C(=O)O)CCN1c1cccc(C(F)(F)F)c1. The molecule has 0 saturated carbocycles. The van der Waals surface area contributed by atoms with Crippen LogP contribution in [0.25, 0.3) is 0 Å². The fourth-order valence-electron chi connectivity index (χ4n) is 2.38. The Morgan fingerprint density at radius 3 is 2.60 bits per heavy atom. The Hall–Kier alpha value is -1.92. The maximum Gasteiger partial charge on any atom is 0.416 e. The monoisotopic (exact) mass is 288 g/mol. The van der Waals surface area contributed by atoms with E-state index in [1.165, 1.54) is 11.0 Å². The van der Waals surface area contributed by atoms with Crippen LogP contribution in [0.2, 0.25) is 0 Å². The van der Waals surface area contributed by atoms with E-state index >= 15 is 0 Å². The molecule has 1 saturated heterocycles. The van der Waals surface area contributed by atoms with Crippen molar-refractivity contribution in [2.24, 2.45) is 0 Å². The first-order valence-corrected chi connectivity index (χ1v) is 6.21. The van der Waals surface area contributed by atoms with Crippen molar-refractivity contribution in [3.63, 3.8) is 0 Å². The van der Waals surface area contributed by atoms with Crippen molar-refractivity contribution >= 4 is 11.8 Å². The molecule has 0 aromatic heterocycles. The summed E-state index contributed by atoms with van der Waals surface area (Å²) in [4.78, 5) is 14.0. The number of hydrogen-bond acceptors (Lipinski definition) is 2. The predicted molar refractivity (Wildman–Crippen MR) is 67.8 cm³/mol. The molecule has 1 aromatic rings. The molecule has 110 valence electrons. The zero-order valence-corrected chi connectivity index (χ0v) is 10.9. The van der Waals surface area contributed by atoms with Crippen LogP contribution in [0, 0.1) is 0 Å². The number of carboxylic acid groups (broad SMARTS) is 1. The number of rotatable bonds is 1. The van der Waals surface area contributed by atoms with Crippen LogP contribution in [0.5, 0.6) is 0 Å². The molecule has 7 heteroatoms. The van der Waals surface area contributed by atoms with E-state index in [0.29, 0.717) is 12.2 Å². The van der Waals surface area contributed by atoms with Gasteiger partial charge >= 0.3 is 12.3 Å². The summed E-state index contributed by atoms with van der Waals surface area (Å²) in [6, 6.07) is 4.95. The number of hydrogen-bond donors (Lipinski definition) is 1. The van der Waals surface area contributed by atoms with Crippen LogP contribution < -0.4 is 4.90 Å². The lowest BCUT2D eigenvalue weighted by molar-refractivity contribution is -0.137. The topological polar surface area (TPSA) is 43.8 Å².